The van der Waals surface area contributed by atoms with Crippen molar-refractivity contribution in [3.8, 4) is 11.5 Å². The van der Waals surface area contributed by atoms with Gasteiger partial charge in [-0.1, -0.05) is 49.4 Å². The number of benzene rings is 2. The SMILES string of the molecule is CN1/C(=C\C=C2CCC(/C=C/C3=[N+](C)c4cc5c(cc4C34CCCC4)OCC5)=C2Cl)C2(CCCC2)c2cc3c(cc21)CCO3. The van der Waals surface area contributed by atoms with Gasteiger partial charge in [0.2, 0.25) is 5.69 Å². The van der Waals surface area contributed by atoms with Gasteiger partial charge in [0.25, 0.3) is 0 Å². The topological polar surface area (TPSA) is 24.7 Å². The van der Waals surface area contributed by atoms with Gasteiger partial charge < -0.3 is 14.4 Å². The Morgan fingerprint density at radius 3 is 2.16 bits per heavy atom. The van der Waals surface area contributed by atoms with Gasteiger partial charge in [-0.3, -0.25) is 0 Å². The van der Waals surface area contributed by atoms with Gasteiger partial charge in [0.1, 0.15) is 18.5 Å². The van der Waals surface area contributed by atoms with Gasteiger partial charge in [-0.05, 0) is 85.1 Å². The number of rotatable bonds is 3. The summed E-state index contributed by atoms with van der Waals surface area (Å²) in [7, 11) is 4.51. The van der Waals surface area contributed by atoms with Gasteiger partial charge in [0.05, 0.1) is 18.6 Å². The second-order valence-electron chi connectivity index (χ2n) is 14.1. The molecular weight excluding hydrogens is 564 g/mol. The molecule has 226 valence electrons. The highest BCUT2D eigenvalue weighted by Gasteiger charge is 2.52. The minimum absolute atomic E-state index is 0.0964. The summed E-state index contributed by atoms with van der Waals surface area (Å²) < 4.78 is 14.5. The first-order chi connectivity index (χ1) is 21.5. The molecule has 2 fully saturated rings. The first-order valence-electron chi connectivity index (χ1n) is 16.9. The molecule has 0 N–H and O–H groups in total. The minimum Gasteiger partial charge on any atom is -0.493 e. The van der Waals surface area contributed by atoms with E-state index in [0.29, 0.717) is 0 Å². The van der Waals surface area contributed by atoms with E-state index in [1.807, 2.05) is 0 Å². The van der Waals surface area contributed by atoms with Crippen LogP contribution >= 0.6 is 11.6 Å². The monoisotopic (exact) mass is 605 g/mol. The summed E-state index contributed by atoms with van der Waals surface area (Å²) in [4.78, 5) is 2.45. The lowest BCUT2D eigenvalue weighted by atomic mass is 9.75. The number of likely N-dealkylation sites (N-methyl/N-ethyl adjacent to an activating group) is 1. The lowest BCUT2D eigenvalue weighted by Crippen LogP contribution is -2.30. The Morgan fingerprint density at radius 2 is 1.43 bits per heavy atom. The fourth-order valence-corrected chi connectivity index (χ4v) is 10.2. The molecule has 2 spiro atoms. The fourth-order valence-electron chi connectivity index (χ4n) is 9.84. The standard InChI is InChI=1S/C39H42ClN2O2/c1-41-31-21-27-13-19-43-33(27)23-29(31)38(15-3-4-16-38)35(41)11-9-25-7-8-26(37(25)40)10-12-36-39(17-5-6-18-39)30-24-34-28(14-20-44-34)22-32(30)42(36)2/h9-12,21-24H,3-8,13-20H2,1-2H3/q+1. The van der Waals surface area contributed by atoms with Crippen LogP contribution in [0.5, 0.6) is 11.5 Å². The molecule has 0 radical (unpaired) electrons. The van der Waals surface area contributed by atoms with Crippen molar-refractivity contribution < 1.29 is 14.0 Å². The molecule has 5 heteroatoms. The van der Waals surface area contributed by atoms with Crippen LogP contribution in [0.4, 0.5) is 11.4 Å². The third-order valence-electron chi connectivity index (χ3n) is 12.1. The summed E-state index contributed by atoms with van der Waals surface area (Å²) in [6.45, 7) is 1.62. The lowest BCUT2D eigenvalue weighted by molar-refractivity contribution is -0.401. The Hall–Kier alpha value is -3.24. The van der Waals surface area contributed by atoms with Gasteiger partial charge in [-0.15, -0.1) is 0 Å². The van der Waals surface area contributed by atoms with E-state index in [2.05, 4.69) is 72.1 Å². The number of anilines is 1. The van der Waals surface area contributed by atoms with Gasteiger partial charge in [-0.25, -0.2) is 0 Å². The molecule has 0 atom stereocenters. The smallest absolute Gasteiger partial charge is 0.210 e. The zero-order valence-electron chi connectivity index (χ0n) is 26.1. The van der Waals surface area contributed by atoms with E-state index in [-0.39, 0.29) is 10.8 Å². The molecule has 9 rings (SSSR count). The summed E-state index contributed by atoms with van der Waals surface area (Å²) in [6, 6.07) is 9.52. The van der Waals surface area contributed by atoms with Crippen molar-refractivity contribution in [3.05, 3.63) is 92.7 Å². The number of hydrogen-bond donors (Lipinski definition) is 0. The largest absolute Gasteiger partial charge is 0.493 e. The Bertz CT molecular complexity index is 1760. The summed E-state index contributed by atoms with van der Waals surface area (Å²) in [5.74, 6) is 2.21. The van der Waals surface area contributed by atoms with Crippen LogP contribution in [0.2, 0.25) is 0 Å². The zero-order valence-corrected chi connectivity index (χ0v) is 26.9. The van der Waals surface area contributed by atoms with Crippen LogP contribution in [-0.2, 0) is 23.7 Å². The van der Waals surface area contributed by atoms with Gasteiger partial charge >= 0.3 is 0 Å². The van der Waals surface area contributed by atoms with Crippen molar-refractivity contribution in [1.82, 2.24) is 0 Å². The van der Waals surface area contributed by atoms with E-state index in [1.54, 1.807) is 0 Å². The molecule has 44 heavy (non-hydrogen) atoms. The van der Waals surface area contributed by atoms with Crippen molar-refractivity contribution >= 4 is 28.7 Å². The van der Waals surface area contributed by atoms with Crippen molar-refractivity contribution in [3.63, 3.8) is 0 Å². The number of allylic oxidation sites excluding steroid dienone is 8. The number of fused-ring (bicyclic) bond motifs is 6. The highest BCUT2D eigenvalue weighted by molar-refractivity contribution is 6.33. The molecule has 0 bridgehead atoms. The molecule has 2 saturated carbocycles. The van der Waals surface area contributed by atoms with Crippen LogP contribution in [0, 0.1) is 0 Å². The Morgan fingerprint density at radius 1 is 0.773 bits per heavy atom. The second kappa shape index (κ2) is 9.88. The second-order valence-corrected chi connectivity index (χ2v) is 14.5. The molecule has 4 nitrogen and oxygen atoms in total. The minimum atomic E-state index is 0.0964. The predicted octanol–water partition coefficient (Wildman–Crippen LogP) is 8.71. The van der Waals surface area contributed by atoms with Gasteiger partial charge in [0.15, 0.2) is 5.71 Å². The van der Waals surface area contributed by atoms with E-state index in [4.69, 9.17) is 21.1 Å². The zero-order chi connectivity index (χ0) is 29.6. The van der Waals surface area contributed by atoms with Crippen LogP contribution in [0.15, 0.2) is 70.4 Å². The van der Waals surface area contributed by atoms with E-state index in [0.717, 1.165) is 55.4 Å². The van der Waals surface area contributed by atoms with E-state index >= 15 is 0 Å². The molecular formula is C39H42ClN2O2+. The maximum absolute atomic E-state index is 7.17. The highest BCUT2D eigenvalue weighted by atomic mass is 35.5. The quantitative estimate of drug-likeness (QED) is 0.327. The average Bonchev–Trinajstić information content (AvgIpc) is 3.88. The summed E-state index contributed by atoms with van der Waals surface area (Å²) in [5.41, 5.74) is 14.0. The molecule has 4 aliphatic heterocycles. The van der Waals surface area contributed by atoms with Gasteiger partial charge in [-0.2, -0.15) is 4.58 Å². The maximum atomic E-state index is 7.17. The van der Waals surface area contributed by atoms with Crippen LogP contribution in [0.3, 0.4) is 0 Å². The lowest BCUT2D eigenvalue weighted by Gasteiger charge is -2.28. The molecule has 0 aromatic heterocycles. The third kappa shape index (κ3) is 3.73. The predicted molar refractivity (Wildman–Crippen MR) is 178 cm³/mol. The maximum Gasteiger partial charge on any atom is 0.210 e. The Kier molecular flexibility index (Phi) is 6.08. The average molecular weight is 606 g/mol. The normalized spacial score (nSPS) is 25.8. The first-order valence-corrected chi connectivity index (χ1v) is 17.3. The van der Waals surface area contributed by atoms with E-state index in [9.17, 15) is 0 Å². The summed E-state index contributed by atoms with van der Waals surface area (Å²) in [6.07, 6.45) is 23.4. The number of nitrogens with zero attached hydrogens (tertiary/aromatic N) is 2. The van der Waals surface area contributed by atoms with E-state index < -0.39 is 0 Å². The molecule has 2 aromatic rings. The molecule has 0 unspecified atom stereocenters. The van der Waals surface area contributed by atoms with Crippen molar-refractivity contribution in [2.75, 3.05) is 32.2 Å². The number of halogens is 1. The number of hydrogen-bond acceptors (Lipinski definition) is 3. The molecule has 7 aliphatic rings. The summed E-state index contributed by atoms with van der Waals surface area (Å²) >= 11 is 7.17. The molecule has 0 amide bonds. The van der Waals surface area contributed by atoms with Crippen LogP contribution in [0.25, 0.3) is 0 Å². The molecule has 4 heterocycles. The van der Waals surface area contributed by atoms with Gasteiger partial charge in [0, 0.05) is 65.0 Å². The highest BCUT2D eigenvalue weighted by Crippen LogP contribution is 2.58. The van der Waals surface area contributed by atoms with Crippen molar-refractivity contribution in [1.29, 1.82) is 0 Å². The summed E-state index contributed by atoms with van der Waals surface area (Å²) in [5, 5.41) is 0.940. The van der Waals surface area contributed by atoms with Crippen LogP contribution < -0.4 is 14.4 Å². The van der Waals surface area contributed by atoms with Crippen LogP contribution in [0.1, 0.15) is 86.5 Å². The van der Waals surface area contributed by atoms with Crippen molar-refractivity contribution in [2.24, 2.45) is 0 Å². The molecule has 0 saturated heterocycles. The first kappa shape index (κ1) is 27.1. The fraction of sp³-hybridized carbons (Fsp3) is 0.462. The molecule has 3 aliphatic carbocycles. The third-order valence-corrected chi connectivity index (χ3v) is 12.6. The van der Waals surface area contributed by atoms with Crippen molar-refractivity contribution in [2.45, 2.75) is 87.9 Å². The Labute approximate surface area is 266 Å². The van der Waals surface area contributed by atoms with E-state index in [1.165, 1.54) is 108 Å². The Balaban J connectivity index is 1.04. The van der Waals surface area contributed by atoms with Crippen LogP contribution in [-0.4, -0.2) is 37.6 Å². The number of ether oxygens (including phenoxy) is 2. The molecule has 2 aromatic carbocycles.